The Labute approximate surface area is 187 Å². The van der Waals surface area contributed by atoms with Crippen LogP contribution in [0.5, 0.6) is 0 Å². The monoisotopic (exact) mass is 428 g/mol. The van der Waals surface area contributed by atoms with Crippen LogP contribution in [0, 0.1) is 0 Å². The van der Waals surface area contributed by atoms with Crippen LogP contribution in [-0.2, 0) is 6.54 Å². The van der Waals surface area contributed by atoms with E-state index in [9.17, 15) is 0 Å². The summed E-state index contributed by atoms with van der Waals surface area (Å²) in [5.74, 6) is 1.79. The lowest BCUT2D eigenvalue weighted by Crippen LogP contribution is -2.38. The molecule has 0 spiro atoms. The number of nitrogens with zero attached hydrogens (tertiary/aromatic N) is 7. The predicted molar refractivity (Wildman–Crippen MR) is 126 cm³/mol. The van der Waals surface area contributed by atoms with Gasteiger partial charge in [-0.15, -0.1) is 5.10 Å². The second-order valence-electron chi connectivity index (χ2n) is 8.65. The summed E-state index contributed by atoms with van der Waals surface area (Å²) in [5.41, 5.74) is 4.88. The van der Waals surface area contributed by atoms with Crippen molar-refractivity contribution in [1.82, 2.24) is 34.8 Å². The van der Waals surface area contributed by atoms with Crippen LogP contribution in [0.25, 0.3) is 22.2 Å². The second-order valence-corrected chi connectivity index (χ2v) is 8.65. The Morgan fingerprint density at radius 2 is 1.88 bits per heavy atom. The predicted octanol–water partition coefficient (Wildman–Crippen LogP) is 4.25. The standard InChI is InChI=1S/C24H28N8/c1-17(2)18-12-24(30-26-14-18)29-23-6-5-21-22(28-23)11-19(13-25-21)20-15-27-32(16-20)10-4-9-31-7-3-8-31/h5-6,11-17H,3-4,7-10H2,1-2H3,(H,28,29,30). The molecule has 0 radical (unpaired) electrons. The molecule has 0 unspecified atom stereocenters. The maximum atomic E-state index is 4.75. The summed E-state index contributed by atoms with van der Waals surface area (Å²) in [5, 5.41) is 16.1. The Kier molecular flexibility index (Phi) is 5.77. The third-order valence-corrected chi connectivity index (χ3v) is 5.91. The topological polar surface area (TPSA) is 84.7 Å². The third-order valence-electron chi connectivity index (χ3n) is 5.91. The van der Waals surface area contributed by atoms with Crippen molar-refractivity contribution in [2.45, 2.75) is 39.2 Å². The van der Waals surface area contributed by atoms with Gasteiger partial charge in [-0.2, -0.15) is 10.2 Å². The SMILES string of the molecule is CC(C)c1cnnc(Nc2ccc3ncc(-c4cnn(CCCN5CCC5)c4)cc3n2)c1. The summed E-state index contributed by atoms with van der Waals surface area (Å²) in [7, 11) is 0. The van der Waals surface area contributed by atoms with Crippen LogP contribution in [0.15, 0.2) is 49.1 Å². The van der Waals surface area contributed by atoms with Crippen LogP contribution in [0.2, 0.25) is 0 Å². The number of aromatic nitrogens is 6. The Hall–Kier alpha value is -3.39. The average Bonchev–Trinajstić information content (AvgIpc) is 3.24. The molecule has 0 atom stereocenters. The summed E-state index contributed by atoms with van der Waals surface area (Å²) < 4.78 is 2.02. The van der Waals surface area contributed by atoms with Crippen molar-refractivity contribution < 1.29 is 0 Å². The first-order valence-electron chi connectivity index (χ1n) is 11.3. The van der Waals surface area contributed by atoms with Gasteiger partial charge in [-0.05, 0) is 68.2 Å². The largest absolute Gasteiger partial charge is 0.323 e. The first-order chi connectivity index (χ1) is 15.6. The molecule has 1 N–H and O–H groups in total. The smallest absolute Gasteiger partial charge is 0.154 e. The van der Waals surface area contributed by atoms with Gasteiger partial charge >= 0.3 is 0 Å². The molecule has 0 aliphatic carbocycles. The number of fused-ring (bicyclic) bond motifs is 1. The first-order valence-corrected chi connectivity index (χ1v) is 11.3. The fourth-order valence-electron chi connectivity index (χ4n) is 3.82. The Morgan fingerprint density at radius 1 is 0.969 bits per heavy atom. The average molecular weight is 429 g/mol. The summed E-state index contributed by atoms with van der Waals surface area (Å²) in [6.45, 7) is 8.84. The first kappa shape index (κ1) is 20.5. The summed E-state index contributed by atoms with van der Waals surface area (Å²) in [6.07, 6.45) is 10.1. The van der Waals surface area contributed by atoms with Crippen LogP contribution in [0.3, 0.4) is 0 Å². The number of nitrogens with one attached hydrogen (secondary N) is 1. The number of rotatable bonds is 8. The van der Waals surface area contributed by atoms with Crippen LogP contribution < -0.4 is 5.32 Å². The highest BCUT2D eigenvalue weighted by molar-refractivity contribution is 5.81. The molecule has 1 saturated heterocycles. The van der Waals surface area contributed by atoms with Gasteiger partial charge in [0.05, 0.1) is 23.4 Å². The van der Waals surface area contributed by atoms with Crippen molar-refractivity contribution in [3.8, 4) is 11.1 Å². The van der Waals surface area contributed by atoms with Crippen molar-refractivity contribution in [2.75, 3.05) is 25.0 Å². The molecule has 0 aromatic carbocycles. The number of aryl methyl sites for hydroxylation is 1. The maximum absolute atomic E-state index is 4.75. The molecule has 32 heavy (non-hydrogen) atoms. The molecule has 8 nitrogen and oxygen atoms in total. The molecule has 4 aromatic heterocycles. The van der Waals surface area contributed by atoms with Crippen molar-refractivity contribution >= 4 is 22.7 Å². The molecule has 1 aliphatic heterocycles. The van der Waals surface area contributed by atoms with Crippen molar-refractivity contribution in [2.24, 2.45) is 0 Å². The number of likely N-dealkylation sites (tertiary alicyclic amines) is 1. The summed E-state index contributed by atoms with van der Waals surface area (Å²) >= 11 is 0. The Bertz CT molecular complexity index is 1210. The van der Waals surface area contributed by atoms with Gasteiger partial charge in [-0.1, -0.05) is 13.8 Å². The van der Waals surface area contributed by atoms with Gasteiger partial charge in [-0.3, -0.25) is 9.67 Å². The van der Waals surface area contributed by atoms with Crippen molar-refractivity contribution in [3.63, 3.8) is 0 Å². The molecule has 0 amide bonds. The molecule has 8 heteroatoms. The second kappa shape index (κ2) is 9.00. The fourth-order valence-corrected chi connectivity index (χ4v) is 3.82. The van der Waals surface area contributed by atoms with E-state index in [1.807, 2.05) is 35.3 Å². The highest BCUT2D eigenvalue weighted by Gasteiger charge is 2.13. The zero-order valence-corrected chi connectivity index (χ0v) is 18.6. The van der Waals surface area contributed by atoms with Gasteiger partial charge in [0.15, 0.2) is 5.82 Å². The van der Waals surface area contributed by atoms with Gasteiger partial charge in [0, 0.05) is 30.1 Å². The third kappa shape index (κ3) is 4.60. The Morgan fingerprint density at radius 3 is 2.69 bits per heavy atom. The van der Waals surface area contributed by atoms with E-state index in [0.717, 1.165) is 47.2 Å². The molecule has 0 bridgehead atoms. The fraction of sp³-hybridized carbons (Fsp3) is 0.375. The zero-order chi connectivity index (χ0) is 21.9. The van der Waals surface area contributed by atoms with Crippen LogP contribution in [0.1, 0.15) is 38.2 Å². The molecule has 0 saturated carbocycles. The van der Waals surface area contributed by atoms with Crippen LogP contribution >= 0.6 is 0 Å². The lowest BCUT2D eigenvalue weighted by atomic mass is 10.1. The maximum Gasteiger partial charge on any atom is 0.154 e. The van der Waals surface area contributed by atoms with E-state index in [1.165, 1.54) is 19.5 Å². The van der Waals surface area contributed by atoms with Crippen molar-refractivity contribution in [3.05, 3.63) is 54.6 Å². The summed E-state index contributed by atoms with van der Waals surface area (Å²) in [4.78, 5) is 11.8. The van der Waals surface area contributed by atoms with E-state index >= 15 is 0 Å². The van der Waals surface area contributed by atoms with Crippen LogP contribution in [-0.4, -0.2) is 54.5 Å². The quantitative estimate of drug-likeness (QED) is 0.449. The van der Waals surface area contributed by atoms with Gasteiger partial charge < -0.3 is 10.2 Å². The lowest BCUT2D eigenvalue weighted by molar-refractivity contribution is 0.176. The number of anilines is 2. The molecule has 5 heterocycles. The Balaban J connectivity index is 1.31. The van der Waals surface area contributed by atoms with E-state index in [-0.39, 0.29) is 0 Å². The number of hydrogen-bond acceptors (Lipinski definition) is 7. The minimum atomic E-state index is 0.388. The van der Waals surface area contributed by atoms with E-state index in [0.29, 0.717) is 17.6 Å². The highest BCUT2D eigenvalue weighted by atomic mass is 15.3. The normalized spacial score (nSPS) is 14.1. The molecule has 1 fully saturated rings. The molecular formula is C24H28N8. The minimum absolute atomic E-state index is 0.388. The van der Waals surface area contributed by atoms with Crippen LogP contribution in [0.4, 0.5) is 11.6 Å². The van der Waals surface area contributed by atoms with E-state index < -0.39 is 0 Å². The number of hydrogen-bond donors (Lipinski definition) is 1. The van der Waals surface area contributed by atoms with Gasteiger partial charge in [0.2, 0.25) is 0 Å². The highest BCUT2D eigenvalue weighted by Crippen LogP contribution is 2.24. The van der Waals surface area contributed by atoms with E-state index in [2.05, 4.69) is 56.6 Å². The van der Waals surface area contributed by atoms with Gasteiger partial charge in [-0.25, -0.2) is 4.98 Å². The molecule has 5 rings (SSSR count). The van der Waals surface area contributed by atoms with Crippen molar-refractivity contribution in [1.29, 1.82) is 0 Å². The van der Waals surface area contributed by atoms with E-state index in [1.54, 1.807) is 6.20 Å². The zero-order valence-electron chi connectivity index (χ0n) is 18.6. The lowest BCUT2D eigenvalue weighted by Gasteiger charge is -2.30. The van der Waals surface area contributed by atoms with E-state index in [4.69, 9.17) is 4.98 Å². The van der Waals surface area contributed by atoms with Gasteiger partial charge in [0.1, 0.15) is 5.82 Å². The summed E-state index contributed by atoms with van der Waals surface area (Å²) in [6, 6.07) is 7.95. The molecule has 1 aliphatic rings. The molecule has 4 aromatic rings. The molecular weight excluding hydrogens is 400 g/mol. The van der Waals surface area contributed by atoms with Gasteiger partial charge in [0.25, 0.3) is 0 Å². The molecule has 164 valence electrons. The number of pyridine rings is 2. The minimum Gasteiger partial charge on any atom is -0.323 e.